The van der Waals surface area contributed by atoms with Crippen LogP contribution in [0.25, 0.3) is 0 Å². The van der Waals surface area contributed by atoms with Gasteiger partial charge in [-0.25, -0.2) is 4.79 Å². The molecule has 0 aliphatic heterocycles. The van der Waals surface area contributed by atoms with Gasteiger partial charge in [0, 0.05) is 11.1 Å². The minimum Gasteiger partial charge on any atom is -0.497 e. The van der Waals surface area contributed by atoms with Crippen molar-refractivity contribution >= 4 is 23.4 Å². The quantitative estimate of drug-likeness (QED) is 0.809. The average molecular weight is 283 g/mol. The maximum Gasteiger partial charge on any atom is 0.348 e. The van der Waals surface area contributed by atoms with Crippen molar-refractivity contribution in [2.24, 2.45) is 0 Å². The number of rotatable bonds is 4. The zero-order valence-corrected chi connectivity index (χ0v) is 11.2. The molecule has 0 saturated carbocycles. The number of methoxy groups -OCH3 is 1. The SMILES string of the molecule is COc1ccc(SCn2cc(Cl)cnc2=O)cc1. The van der Waals surface area contributed by atoms with Gasteiger partial charge in [-0.3, -0.25) is 4.57 Å². The molecule has 0 N–H and O–H groups in total. The van der Waals surface area contributed by atoms with E-state index in [4.69, 9.17) is 16.3 Å². The summed E-state index contributed by atoms with van der Waals surface area (Å²) >= 11 is 7.31. The number of benzene rings is 1. The predicted molar refractivity (Wildman–Crippen MR) is 72.4 cm³/mol. The van der Waals surface area contributed by atoms with Gasteiger partial charge in [0.1, 0.15) is 5.75 Å². The minimum atomic E-state index is -0.305. The molecule has 0 fully saturated rings. The van der Waals surface area contributed by atoms with E-state index in [-0.39, 0.29) is 5.69 Å². The Labute approximate surface area is 114 Å². The van der Waals surface area contributed by atoms with Gasteiger partial charge in [0.2, 0.25) is 0 Å². The molecule has 94 valence electrons. The van der Waals surface area contributed by atoms with Gasteiger partial charge in [-0.15, -0.1) is 11.8 Å². The van der Waals surface area contributed by atoms with Gasteiger partial charge < -0.3 is 4.74 Å². The second-order valence-corrected chi connectivity index (χ2v) is 4.93. The van der Waals surface area contributed by atoms with Crippen LogP contribution in [0, 0.1) is 0 Å². The first-order chi connectivity index (χ1) is 8.69. The summed E-state index contributed by atoms with van der Waals surface area (Å²) in [4.78, 5) is 16.2. The first-order valence-corrected chi connectivity index (χ1v) is 6.54. The lowest BCUT2D eigenvalue weighted by atomic mass is 10.3. The van der Waals surface area contributed by atoms with E-state index >= 15 is 0 Å². The summed E-state index contributed by atoms with van der Waals surface area (Å²) in [5.41, 5.74) is -0.305. The van der Waals surface area contributed by atoms with Crippen LogP contribution in [0.15, 0.2) is 46.3 Å². The molecule has 0 saturated heterocycles. The third kappa shape index (κ3) is 3.27. The summed E-state index contributed by atoms with van der Waals surface area (Å²) in [6.07, 6.45) is 2.92. The third-order valence-electron chi connectivity index (χ3n) is 2.25. The summed E-state index contributed by atoms with van der Waals surface area (Å²) in [5, 5.41) is 0.449. The normalized spacial score (nSPS) is 10.3. The first kappa shape index (κ1) is 13.0. The van der Waals surface area contributed by atoms with Gasteiger partial charge in [0.25, 0.3) is 0 Å². The fraction of sp³-hybridized carbons (Fsp3) is 0.167. The van der Waals surface area contributed by atoms with Crippen molar-refractivity contribution in [3.8, 4) is 5.75 Å². The van der Waals surface area contributed by atoms with Crippen molar-refractivity contribution in [2.45, 2.75) is 10.8 Å². The Hall–Kier alpha value is -1.46. The van der Waals surface area contributed by atoms with Crippen LogP contribution in [0.2, 0.25) is 5.02 Å². The third-order valence-corrected chi connectivity index (χ3v) is 3.46. The van der Waals surface area contributed by atoms with Crippen molar-refractivity contribution in [1.82, 2.24) is 9.55 Å². The van der Waals surface area contributed by atoms with Crippen LogP contribution in [-0.2, 0) is 5.88 Å². The fourth-order valence-corrected chi connectivity index (χ4v) is 2.31. The van der Waals surface area contributed by atoms with E-state index in [0.29, 0.717) is 10.9 Å². The summed E-state index contributed by atoms with van der Waals surface area (Å²) < 4.78 is 6.54. The van der Waals surface area contributed by atoms with Crippen LogP contribution in [-0.4, -0.2) is 16.7 Å². The summed E-state index contributed by atoms with van der Waals surface area (Å²) in [5.74, 6) is 1.28. The number of ether oxygens (including phenoxy) is 1. The number of hydrogen-bond donors (Lipinski definition) is 0. The van der Waals surface area contributed by atoms with Crippen molar-refractivity contribution in [3.63, 3.8) is 0 Å². The maximum absolute atomic E-state index is 11.5. The minimum absolute atomic E-state index is 0.305. The zero-order chi connectivity index (χ0) is 13.0. The molecule has 0 unspecified atom stereocenters. The molecule has 2 rings (SSSR count). The lowest BCUT2D eigenvalue weighted by Gasteiger charge is -2.05. The molecule has 2 aromatic rings. The number of thioether (sulfide) groups is 1. The van der Waals surface area contributed by atoms with Crippen LogP contribution in [0.1, 0.15) is 0 Å². The lowest BCUT2D eigenvalue weighted by Crippen LogP contribution is -2.20. The van der Waals surface area contributed by atoms with E-state index in [1.54, 1.807) is 13.3 Å². The van der Waals surface area contributed by atoms with E-state index in [9.17, 15) is 4.79 Å². The highest BCUT2D eigenvalue weighted by Crippen LogP contribution is 2.22. The second kappa shape index (κ2) is 5.93. The summed E-state index contributed by atoms with van der Waals surface area (Å²) in [6, 6.07) is 7.63. The molecule has 6 heteroatoms. The first-order valence-electron chi connectivity index (χ1n) is 5.18. The summed E-state index contributed by atoms with van der Waals surface area (Å²) in [7, 11) is 1.62. The van der Waals surface area contributed by atoms with Gasteiger partial charge in [-0.2, -0.15) is 4.98 Å². The molecule has 0 amide bonds. The Morgan fingerprint density at radius 1 is 1.39 bits per heavy atom. The number of nitrogens with zero attached hydrogens (tertiary/aromatic N) is 2. The van der Waals surface area contributed by atoms with Crippen LogP contribution < -0.4 is 10.4 Å². The van der Waals surface area contributed by atoms with E-state index < -0.39 is 0 Å². The Morgan fingerprint density at radius 3 is 2.78 bits per heavy atom. The molecule has 18 heavy (non-hydrogen) atoms. The molecule has 0 atom stereocenters. The highest BCUT2D eigenvalue weighted by molar-refractivity contribution is 7.98. The Bertz CT molecular complexity index is 583. The average Bonchev–Trinajstić information content (AvgIpc) is 2.40. The zero-order valence-electron chi connectivity index (χ0n) is 9.67. The van der Waals surface area contributed by atoms with Gasteiger partial charge in [-0.05, 0) is 24.3 Å². The Kier molecular flexibility index (Phi) is 4.28. The van der Waals surface area contributed by atoms with Crippen LogP contribution >= 0.6 is 23.4 Å². The fourth-order valence-electron chi connectivity index (χ4n) is 1.34. The molecular weight excluding hydrogens is 272 g/mol. The molecule has 1 aromatic heterocycles. The molecule has 0 aliphatic rings. The van der Waals surface area contributed by atoms with Gasteiger partial charge >= 0.3 is 5.69 Å². The van der Waals surface area contributed by atoms with Gasteiger partial charge in [0.15, 0.2) is 0 Å². The van der Waals surface area contributed by atoms with Crippen LogP contribution in [0.5, 0.6) is 5.75 Å². The number of aromatic nitrogens is 2. The molecule has 1 aromatic carbocycles. The van der Waals surface area contributed by atoms with E-state index in [2.05, 4.69) is 4.98 Å². The number of hydrogen-bond acceptors (Lipinski definition) is 4. The van der Waals surface area contributed by atoms with Crippen molar-refractivity contribution < 1.29 is 4.74 Å². The molecule has 0 spiro atoms. The van der Waals surface area contributed by atoms with E-state index in [1.165, 1.54) is 22.5 Å². The largest absolute Gasteiger partial charge is 0.497 e. The van der Waals surface area contributed by atoms with Crippen molar-refractivity contribution in [3.05, 3.63) is 52.2 Å². The molecule has 0 bridgehead atoms. The molecule has 0 aliphatic carbocycles. The van der Waals surface area contributed by atoms with Crippen molar-refractivity contribution in [1.29, 1.82) is 0 Å². The monoisotopic (exact) mass is 282 g/mol. The molecular formula is C12H11ClN2O2S. The number of halogens is 1. The maximum atomic E-state index is 11.5. The molecule has 1 heterocycles. The molecule has 4 nitrogen and oxygen atoms in total. The van der Waals surface area contributed by atoms with Gasteiger partial charge in [-0.1, -0.05) is 11.6 Å². The Balaban J connectivity index is 2.06. The van der Waals surface area contributed by atoms with E-state index in [0.717, 1.165) is 10.6 Å². The predicted octanol–water partition coefficient (Wildman–Crippen LogP) is 2.66. The highest BCUT2D eigenvalue weighted by Gasteiger charge is 2.00. The topological polar surface area (TPSA) is 44.1 Å². The second-order valence-electron chi connectivity index (χ2n) is 3.47. The Morgan fingerprint density at radius 2 is 2.11 bits per heavy atom. The molecule has 0 radical (unpaired) electrons. The standard InChI is InChI=1S/C12H11ClN2O2S/c1-17-10-2-4-11(5-3-10)18-8-15-7-9(13)6-14-12(15)16/h2-7H,8H2,1H3. The van der Waals surface area contributed by atoms with Crippen molar-refractivity contribution in [2.75, 3.05) is 7.11 Å². The van der Waals surface area contributed by atoms with Crippen LogP contribution in [0.3, 0.4) is 0 Å². The smallest absolute Gasteiger partial charge is 0.348 e. The highest BCUT2D eigenvalue weighted by atomic mass is 35.5. The lowest BCUT2D eigenvalue weighted by molar-refractivity contribution is 0.414. The van der Waals surface area contributed by atoms with E-state index in [1.807, 2.05) is 24.3 Å². The van der Waals surface area contributed by atoms with Gasteiger partial charge in [0.05, 0.1) is 24.2 Å². The van der Waals surface area contributed by atoms with Crippen LogP contribution in [0.4, 0.5) is 0 Å². The summed E-state index contributed by atoms with van der Waals surface area (Å²) in [6.45, 7) is 0.